The second-order valence-corrected chi connectivity index (χ2v) is 8.01. The fourth-order valence-corrected chi connectivity index (χ4v) is 3.45. The molecule has 0 spiro atoms. The van der Waals surface area contributed by atoms with Gasteiger partial charge in [-0.25, -0.2) is 15.0 Å². The first kappa shape index (κ1) is 26.0. The highest BCUT2D eigenvalue weighted by atomic mass is 16.5. The van der Waals surface area contributed by atoms with Crippen molar-refractivity contribution in [1.29, 1.82) is 0 Å². The lowest BCUT2D eigenvalue weighted by atomic mass is 10.0. The minimum absolute atomic E-state index is 0.0778. The second-order valence-electron chi connectivity index (χ2n) is 8.01. The molecule has 186 valence electrons. The molecule has 4 amide bonds. The van der Waals surface area contributed by atoms with Crippen LogP contribution < -0.4 is 21.8 Å². The van der Waals surface area contributed by atoms with Gasteiger partial charge >= 0.3 is 12.1 Å². The molecule has 0 aliphatic rings. The van der Waals surface area contributed by atoms with Crippen molar-refractivity contribution in [3.05, 3.63) is 108 Å². The summed E-state index contributed by atoms with van der Waals surface area (Å²) in [6.45, 7) is 0.0778. The minimum atomic E-state index is -0.911. The quantitative estimate of drug-likeness (QED) is 0.244. The van der Waals surface area contributed by atoms with E-state index in [0.717, 1.165) is 16.7 Å². The van der Waals surface area contributed by atoms with Gasteiger partial charge in [-0.2, -0.15) is 5.10 Å². The molecule has 0 aliphatic carbocycles. The van der Waals surface area contributed by atoms with E-state index in [1.807, 2.05) is 91.0 Å². The molecule has 3 rings (SSSR count). The third-order valence-corrected chi connectivity index (χ3v) is 5.16. The number of benzene rings is 3. The van der Waals surface area contributed by atoms with Gasteiger partial charge in [0, 0.05) is 12.6 Å². The van der Waals surface area contributed by atoms with Crippen molar-refractivity contribution >= 4 is 24.2 Å². The number of nitrogens with two attached hydrogens (primary N) is 1. The highest BCUT2D eigenvalue weighted by molar-refractivity contribution is 5.88. The first-order valence-electron chi connectivity index (χ1n) is 11.4. The third kappa shape index (κ3) is 9.30. The predicted molar refractivity (Wildman–Crippen MR) is 137 cm³/mol. The summed E-state index contributed by atoms with van der Waals surface area (Å²) in [5, 5.41) is 9.37. The Morgan fingerprint density at radius 3 is 1.86 bits per heavy atom. The first-order chi connectivity index (χ1) is 17.5. The monoisotopic (exact) mass is 487 g/mol. The predicted octanol–water partition coefficient (Wildman–Crippen LogP) is 2.91. The molecule has 9 heteroatoms. The van der Waals surface area contributed by atoms with E-state index in [1.165, 1.54) is 6.21 Å². The van der Waals surface area contributed by atoms with Gasteiger partial charge in [-0.05, 0) is 23.1 Å². The first-order valence-corrected chi connectivity index (χ1v) is 11.4. The summed E-state index contributed by atoms with van der Waals surface area (Å²) in [6.07, 6.45) is 1.34. The van der Waals surface area contributed by atoms with Crippen molar-refractivity contribution in [2.75, 3.05) is 0 Å². The number of amides is 4. The Bertz CT molecular complexity index is 1140. The summed E-state index contributed by atoms with van der Waals surface area (Å²) < 4.78 is 5.32. The molecule has 0 heterocycles. The van der Waals surface area contributed by atoms with Gasteiger partial charge in [-0.15, -0.1) is 0 Å². The maximum absolute atomic E-state index is 13.3. The van der Waals surface area contributed by atoms with E-state index in [9.17, 15) is 14.4 Å². The van der Waals surface area contributed by atoms with Gasteiger partial charge in [0.25, 0.3) is 0 Å². The van der Waals surface area contributed by atoms with Gasteiger partial charge in [0.1, 0.15) is 12.6 Å². The van der Waals surface area contributed by atoms with Crippen molar-refractivity contribution in [2.45, 2.75) is 31.5 Å². The van der Waals surface area contributed by atoms with Gasteiger partial charge in [-0.3, -0.25) is 4.79 Å². The number of hydrazone groups is 1. The number of nitrogens with zero attached hydrogens (tertiary/aromatic N) is 1. The molecule has 0 aliphatic heterocycles. The lowest BCUT2D eigenvalue weighted by Gasteiger charge is -2.22. The van der Waals surface area contributed by atoms with Gasteiger partial charge in [0.2, 0.25) is 5.91 Å². The lowest BCUT2D eigenvalue weighted by molar-refractivity contribution is -0.123. The Hall–Kier alpha value is -4.66. The van der Waals surface area contributed by atoms with E-state index in [1.54, 1.807) is 0 Å². The molecule has 0 aromatic heterocycles. The van der Waals surface area contributed by atoms with Crippen LogP contribution in [0.15, 0.2) is 96.1 Å². The van der Waals surface area contributed by atoms with Crippen molar-refractivity contribution < 1.29 is 19.1 Å². The number of ether oxygens (including phenoxy) is 1. The van der Waals surface area contributed by atoms with Crippen LogP contribution in [0.5, 0.6) is 0 Å². The number of primary amides is 1. The van der Waals surface area contributed by atoms with E-state index < -0.39 is 30.1 Å². The summed E-state index contributed by atoms with van der Waals surface area (Å²) in [5.41, 5.74) is 9.86. The lowest BCUT2D eigenvalue weighted by Crippen LogP contribution is -2.51. The molecule has 0 fully saturated rings. The number of alkyl carbamates (subject to hydrolysis) is 1. The van der Waals surface area contributed by atoms with Gasteiger partial charge in [0.15, 0.2) is 0 Å². The standard InChI is InChI=1S/C27H29N5O4/c28-26(34)32-29-18-23(16-20-10-4-1-5-11-20)30-25(33)24(17-21-12-6-2-7-13-21)31-27(35)36-19-22-14-8-3-9-15-22/h1-15,18,23-24H,16-17,19H2,(H,30,33)(H,31,35)(H3,28,32,34)/b29-18+/t23-,24-/m0/s1. The number of hydrogen-bond donors (Lipinski definition) is 4. The molecule has 3 aromatic carbocycles. The number of hydrogen-bond acceptors (Lipinski definition) is 5. The molecular formula is C27H29N5O4. The zero-order valence-electron chi connectivity index (χ0n) is 19.7. The van der Waals surface area contributed by atoms with E-state index >= 15 is 0 Å². The molecule has 0 bridgehead atoms. The number of carbonyl (C=O) groups is 3. The van der Waals surface area contributed by atoms with Crippen LogP contribution in [0.4, 0.5) is 9.59 Å². The Morgan fingerprint density at radius 1 is 0.778 bits per heavy atom. The van der Waals surface area contributed by atoms with Crippen molar-refractivity contribution in [1.82, 2.24) is 16.1 Å². The molecule has 5 N–H and O–H groups in total. The van der Waals surface area contributed by atoms with Gasteiger partial charge < -0.3 is 21.1 Å². The van der Waals surface area contributed by atoms with Crippen molar-refractivity contribution in [3.63, 3.8) is 0 Å². The minimum Gasteiger partial charge on any atom is -0.445 e. The molecule has 36 heavy (non-hydrogen) atoms. The maximum Gasteiger partial charge on any atom is 0.408 e. The molecule has 2 atom stereocenters. The van der Waals surface area contributed by atoms with Gasteiger partial charge in [-0.1, -0.05) is 91.0 Å². The van der Waals surface area contributed by atoms with Crippen LogP contribution in [-0.4, -0.2) is 36.3 Å². The number of nitrogens with one attached hydrogen (secondary N) is 3. The summed E-state index contributed by atoms with van der Waals surface area (Å²) in [6, 6.07) is 25.8. The zero-order valence-corrected chi connectivity index (χ0v) is 19.7. The average Bonchev–Trinajstić information content (AvgIpc) is 2.88. The number of rotatable bonds is 11. The molecule has 3 aromatic rings. The molecule has 9 nitrogen and oxygen atoms in total. The molecular weight excluding hydrogens is 458 g/mol. The van der Waals surface area contributed by atoms with Crippen LogP contribution in [0.25, 0.3) is 0 Å². The highest BCUT2D eigenvalue weighted by Crippen LogP contribution is 2.07. The van der Waals surface area contributed by atoms with Crippen LogP contribution in [0, 0.1) is 0 Å². The van der Waals surface area contributed by atoms with Crippen molar-refractivity contribution in [2.24, 2.45) is 10.8 Å². The topological polar surface area (TPSA) is 135 Å². The number of urea groups is 1. The van der Waals surface area contributed by atoms with E-state index in [0.29, 0.717) is 6.42 Å². The zero-order chi connectivity index (χ0) is 25.6. The molecule has 0 saturated carbocycles. The third-order valence-electron chi connectivity index (χ3n) is 5.16. The van der Waals surface area contributed by atoms with Crippen LogP contribution >= 0.6 is 0 Å². The Morgan fingerprint density at radius 2 is 1.31 bits per heavy atom. The summed E-state index contributed by atoms with van der Waals surface area (Å²) in [7, 11) is 0. The molecule has 0 unspecified atom stereocenters. The Labute approximate surface area is 209 Å². The van der Waals surface area contributed by atoms with Crippen LogP contribution in [0.1, 0.15) is 16.7 Å². The summed E-state index contributed by atoms with van der Waals surface area (Å²) >= 11 is 0. The SMILES string of the molecule is NC(=O)N/N=C/[C@H](Cc1ccccc1)NC(=O)[C@H](Cc1ccccc1)NC(=O)OCc1ccccc1. The summed E-state index contributed by atoms with van der Waals surface area (Å²) in [4.78, 5) is 36.9. The second kappa shape index (κ2) is 13.9. The largest absolute Gasteiger partial charge is 0.445 e. The van der Waals surface area contributed by atoms with Crippen LogP contribution in [0.3, 0.4) is 0 Å². The Kier molecular flexibility index (Phi) is 10.0. The van der Waals surface area contributed by atoms with E-state index in [2.05, 4.69) is 21.2 Å². The van der Waals surface area contributed by atoms with E-state index in [4.69, 9.17) is 10.5 Å². The normalized spacial score (nSPS) is 12.3. The average molecular weight is 488 g/mol. The Balaban J connectivity index is 1.71. The van der Waals surface area contributed by atoms with Gasteiger partial charge in [0.05, 0.1) is 6.04 Å². The fourth-order valence-electron chi connectivity index (χ4n) is 3.45. The summed E-state index contributed by atoms with van der Waals surface area (Å²) in [5.74, 6) is -0.429. The maximum atomic E-state index is 13.3. The van der Waals surface area contributed by atoms with Crippen LogP contribution in [-0.2, 0) is 29.0 Å². The van der Waals surface area contributed by atoms with E-state index in [-0.39, 0.29) is 13.0 Å². The number of carbonyl (C=O) groups excluding carboxylic acids is 3. The highest BCUT2D eigenvalue weighted by Gasteiger charge is 2.24. The molecule has 0 saturated heterocycles. The van der Waals surface area contributed by atoms with Crippen molar-refractivity contribution in [3.8, 4) is 0 Å². The molecule has 0 radical (unpaired) electrons. The smallest absolute Gasteiger partial charge is 0.408 e. The van der Waals surface area contributed by atoms with Crippen LogP contribution in [0.2, 0.25) is 0 Å². The fraction of sp³-hybridized carbons (Fsp3) is 0.185.